The lowest BCUT2D eigenvalue weighted by molar-refractivity contribution is 0.424. The van der Waals surface area contributed by atoms with Gasteiger partial charge in [-0.25, -0.2) is 0 Å². The van der Waals surface area contributed by atoms with Crippen LogP contribution >= 0.6 is 0 Å². The molecule has 2 aliphatic carbocycles. The van der Waals surface area contributed by atoms with Gasteiger partial charge in [-0.15, -0.1) is 0 Å². The Balaban J connectivity index is 1.78. The van der Waals surface area contributed by atoms with Crippen LogP contribution in [-0.2, 0) is 5.41 Å². The van der Waals surface area contributed by atoms with Crippen molar-refractivity contribution in [1.82, 2.24) is 0 Å². The molecule has 0 radical (unpaired) electrons. The lowest BCUT2D eigenvalue weighted by atomic mass is 9.69. The third kappa shape index (κ3) is 2.30. The standard InChI is InChI=1S/C25H18B2O4/c28-26(29)15-9-11-23-19(13-15)20-14-16(27(30)31)10-12-24(20)25(23)21-7-3-1-5-17(21)18-6-2-4-8-22(18)25/h1-14,28-31H. The summed E-state index contributed by atoms with van der Waals surface area (Å²) in [5.41, 5.74) is 8.79. The molecule has 4 aromatic carbocycles. The van der Waals surface area contributed by atoms with Gasteiger partial charge in [-0.1, -0.05) is 84.9 Å². The Bertz CT molecular complexity index is 1260. The maximum atomic E-state index is 9.79. The average molecular weight is 404 g/mol. The van der Waals surface area contributed by atoms with Crippen molar-refractivity contribution in [2.75, 3.05) is 0 Å². The van der Waals surface area contributed by atoms with Gasteiger partial charge < -0.3 is 20.1 Å². The predicted octanol–water partition coefficient (Wildman–Crippen LogP) is 1.39. The minimum Gasteiger partial charge on any atom is -0.423 e. The Hall–Kier alpha value is -3.15. The van der Waals surface area contributed by atoms with Crippen LogP contribution in [0.15, 0.2) is 84.9 Å². The van der Waals surface area contributed by atoms with E-state index in [1.807, 2.05) is 36.4 Å². The van der Waals surface area contributed by atoms with Crippen LogP contribution in [0, 0.1) is 0 Å². The fourth-order valence-corrected chi connectivity index (χ4v) is 5.51. The van der Waals surface area contributed by atoms with Crippen molar-refractivity contribution in [2.24, 2.45) is 0 Å². The van der Waals surface area contributed by atoms with Crippen LogP contribution < -0.4 is 10.9 Å². The molecular weight excluding hydrogens is 386 g/mol. The van der Waals surface area contributed by atoms with E-state index in [-0.39, 0.29) is 0 Å². The zero-order valence-corrected chi connectivity index (χ0v) is 16.5. The van der Waals surface area contributed by atoms with Crippen molar-refractivity contribution in [3.63, 3.8) is 0 Å². The third-order valence-electron chi connectivity index (χ3n) is 6.73. The first-order chi connectivity index (χ1) is 15.0. The number of hydrogen-bond acceptors (Lipinski definition) is 4. The SMILES string of the molecule is OB(O)c1ccc2c(c1)-c1cc(B(O)O)ccc1C21c2ccccc2-c2ccccc21. The van der Waals surface area contributed by atoms with E-state index in [4.69, 9.17) is 0 Å². The first-order valence-electron chi connectivity index (χ1n) is 10.2. The molecule has 0 bridgehead atoms. The second kappa shape index (κ2) is 6.42. The lowest BCUT2D eigenvalue weighted by Crippen LogP contribution is -2.31. The molecule has 0 fully saturated rings. The van der Waals surface area contributed by atoms with E-state index in [9.17, 15) is 20.1 Å². The van der Waals surface area contributed by atoms with E-state index in [2.05, 4.69) is 24.3 Å². The molecule has 0 saturated heterocycles. The number of fused-ring (bicyclic) bond motifs is 10. The zero-order valence-electron chi connectivity index (χ0n) is 16.5. The minimum absolute atomic E-state index is 0.399. The predicted molar refractivity (Wildman–Crippen MR) is 122 cm³/mol. The van der Waals surface area contributed by atoms with Crippen LogP contribution in [0.2, 0.25) is 0 Å². The summed E-state index contributed by atoms with van der Waals surface area (Å²) in [6.45, 7) is 0. The van der Waals surface area contributed by atoms with Crippen LogP contribution in [0.5, 0.6) is 0 Å². The van der Waals surface area contributed by atoms with Gasteiger partial charge in [0.15, 0.2) is 0 Å². The Kier molecular flexibility index (Phi) is 3.86. The summed E-state index contributed by atoms with van der Waals surface area (Å²) in [5, 5.41) is 39.2. The van der Waals surface area contributed by atoms with Crippen molar-refractivity contribution >= 4 is 25.2 Å². The molecule has 31 heavy (non-hydrogen) atoms. The van der Waals surface area contributed by atoms with Crippen LogP contribution in [-0.4, -0.2) is 34.3 Å². The van der Waals surface area contributed by atoms with E-state index in [0.717, 1.165) is 22.3 Å². The third-order valence-corrected chi connectivity index (χ3v) is 6.73. The molecule has 6 rings (SSSR count). The average Bonchev–Trinajstić information content (AvgIpc) is 3.25. The van der Waals surface area contributed by atoms with E-state index in [1.54, 1.807) is 24.3 Å². The first-order valence-corrected chi connectivity index (χ1v) is 10.2. The molecule has 0 amide bonds. The highest BCUT2D eigenvalue weighted by Crippen LogP contribution is 2.62. The largest absolute Gasteiger partial charge is 0.488 e. The zero-order chi connectivity index (χ0) is 21.3. The van der Waals surface area contributed by atoms with Gasteiger partial charge in [0.1, 0.15) is 0 Å². The van der Waals surface area contributed by atoms with Crippen LogP contribution in [0.4, 0.5) is 0 Å². The number of rotatable bonds is 2. The van der Waals surface area contributed by atoms with Crippen LogP contribution in [0.1, 0.15) is 22.3 Å². The molecule has 0 atom stereocenters. The fourth-order valence-electron chi connectivity index (χ4n) is 5.51. The summed E-state index contributed by atoms with van der Waals surface area (Å²) in [6, 6.07) is 27.8. The first kappa shape index (κ1) is 18.6. The normalized spacial score (nSPS) is 14.1. The summed E-state index contributed by atoms with van der Waals surface area (Å²) in [4.78, 5) is 0. The van der Waals surface area contributed by atoms with Crippen molar-refractivity contribution in [2.45, 2.75) is 5.41 Å². The molecule has 6 heteroatoms. The van der Waals surface area contributed by atoms with Gasteiger partial charge in [-0.2, -0.15) is 0 Å². The smallest absolute Gasteiger partial charge is 0.423 e. The van der Waals surface area contributed by atoms with E-state index in [0.29, 0.717) is 10.9 Å². The van der Waals surface area contributed by atoms with E-state index in [1.165, 1.54) is 22.3 Å². The van der Waals surface area contributed by atoms with Crippen molar-refractivity contribution in [3.05, 3.63) is 107 Å². The van der Waals surface area contributed by atoms with Gasteiger partial charge in [-0.3, -0.25) is 0 Å². The Morgan fingerprint density at radius 2 is 0.839 bits per heavy atom. The molecule has 0 saturated carbocycles. The number of benzene rings is 4. The molecule has 0 unspecified atom stereocenters. The Labute approximate surface area is 180 Å². The molecule has 4 aromatic rings. The minimum atomic E-state index is -1.58. The van der Waals surface area contributed by atoms with Gasteiger partial charge in [-0.05, 0) is 55.4 Å². The highest BCUT2D eigenvalue weighted by molar-refractivity contribution is 6.59. The molecular formula is C25H18B2O4. The topological polar surface area (TPSA) is 80.9 Å². The van der Waals surface area contributed by atoms with Gasteiger partial charge in [0, 0.05) is 0 Å². The quantitative estimate of drug-likeness (QED) is 0.329. The molecule has 2 aliphatic rings. The van der Waals surface area contributed by atoms with Crippen LogP contribution in [0.25, 0.3) is 22.3 Å². The summed E-state index contributed by atoms with van der Waals surface area (Å²) < 4.78 is 0. The fraction of sp³-hybridized carbons (Fsp3) is 0.0400. The highest BCUT2D eigenvalue weighted by Gasteiger charge is 2.51. The van der Waals surface area contributed by atoms with Crippen molar-refractivity contribution in [3.8, 4) is 22.3 Å². The summed E-state index contributed by atoms with van der Waals surface area (Å²) in [5.74, 6) is 0. The lowest BCUT2D eigenvalue weighted by Gasteiger charge is -2.30. The van der Waals surface area contributed by atoms with Crippen LogP contribution in [0.3, 0.4) is 0 Å². The second-order valence-electron chi connectivity index (χ2n) is 8.20. The molecule has 0 heterocycles. The van der Waals surface area contributed by atoms with Gasteiger partial charge in [0.2, 0.25) is 0 Å². The van der Waals surface area contributed by atoms with Gasteiger partial charge in [0.25, 0.3) is 0 Å². The Morgan fingerprint density at radius 1 is 0.452 bits per heavy atom. The summed E-state index contributed by atoms with van der Waals surface area (Å²) in [6.07, 6.45) is 0. The molecule has 1 spiro atoms. The molecule has 0 aliphatic heterocycles. The van der Waals surface area contributed by atoms with Crippen molar-refractivity contribution < 1.29 is 20.1 Å². The van der Waals surface area contributed by atoms with E-state index >= 15 is 0 Å². The highest BCUT2D eigenvalue weighted by atomic mass is 16.4. The Morgan fingerprint density at radius 3 is 1.26 bits per heavy atom. The maximum Gasteiger partial charge on any atom is 0.488 e. The summed E-state index contributed by atoms with van der Waals surface area (Å²) >= 11 is 0. The monoisotopic (exact) mass is 404 g/mol. The van der Waals surface area contributed by atoms with E-state index < -0.39 is 19.7 Å². The second-order valence-corrected chi connectivity index (χ2v) is 8.20. The maximum absolute atomic E-state index is 9.79. The summed E-state index contributed by atoms with van der Waals surface area (Å²) in [7, 11) is -3.17. The van der Waals surface area contributed by atoms with Gasteiger partial charge in [0.05, 0.1) is 5.41 Å². The van der Waals surface area contributed by atoms with Gasteiger partial charge >= 0.3 is 14.2 Å². The molecule has 148 valence electrons. The molecule has 4 N–H and O–H groups in total. The molecule has 0 aromatic heterocycles. The molecule has 4 nitrogen and oxygen atoms in total. The number of hydrogen-bond donors (Lipinski definition) is 4. The van der Waals surface area contributed by atoms with Crippen molar-refractivity contribution in [1.29, 1.82) is 0 Å².